The van der Waals surface area contributed by atoms with Crippen molar-refractivity contribution in [2.75, 3.05) is 17.6 Å². The van der Waals surface area contributed by atoms with Gasteiger partial charge in [-0.2, -0.15) is 5.21 Å². The molecule has 1 unspecified atom stereocenters. The number of hydrogen-bond donors (Lipinski definition) is 4. The number of H-pyrrole nitrogens is 1. The van der Waals surface area contributed by atoms with Crippen LogP contribution in [0.25, 0.3) is 11.2 Å². The molecule has 4 saturated carbocycles. The van der Waals surface area contributed by atoms with Gasteiger partial charge in [-0.3, -0.25) is 4.79 Å². The highest BCUT2D eigenvalue weighted by molar-refractivity contribution is 5.88. The van der Waals surface area contributed by atoms with Gasteiger partial charge in [0, 0.05) is 13.1 Å². The molecular formula is C22H29N11O. The summed E-state index contributed by atoms with van der Waals surface area (Å²) in [7, 11) is 0. The summed E-state index contributed by atoms with van der Waals surface area (Å²) >= 11 is 0. The molecule has 4 fully saturated rings. The molecule has 4 aliphatic rings. The fourth-order valence-electron chi connectivity index (χ4n) is 6.77. The van der Waals surface area contributed by atoms with Gasteiger partial charge in [0.2, 0.25) is 5.91 Å². The number of aromatic amines is 1. The maximum atomic E-state index is 13.0. The molecule has 7 rings (SSSR count). The summed E-state index contributed by atoms with van der Waals surface area (Å²) < 4.78 is 1.86. The lowest BCUT2D eigenvalue weighted by Gasteiger charge is -2.55. The van der Waals surface area contributed by atoms with Gasteiger partial charge in [-0.15, -0.1) is 5.10 Å². The molecule has 3 heterocycles. The Morgan fingerprint density at radius 2 is 1.97 bits per heavy atom. The molecule has 1 atom stereocenters. The first kappa shape index (κ1) is 21.0. The van der Waals surface area contributed by atoms with Gasteiger partial charge in [0.25, 0.3) is 5.95 Å². The minimum atomic E-state index is -0.277. The third kappa shape index (κ3) is 4.08. The van der Waals surface area contributed by atoms with Crippen molar-refractivity contribution in [3.05, 3.63) is 24.8 Å². The lowest BCUT2D eigenvalue weighted by Crippen LogP contribution is -2.45. The zero-order valence-corrected chi connectivity index (χ0v) is 18.9. The maximum Gasteiger partial charge on any atom is 0.263 e. The number of anilines is 2. The summed E-state index contributed by atoms with van der Waals surface area (Å²) in [4.78, 5) is 25.6. The number of amides is 1. The smallest absolute Gasteiger partial charge is 0.263 e. The SMILES string of the molecule is Nc1ncnc2c1ncn2CC(CNc1nn[nH]n1)NC(=O)/C=C/C12CC3CC(CC(C3)C1)C2. The van der Waals surface area contributed by atoms with Crippen LogP contribution in [0.3, 0.4) is 0 Å². The number of allylic oxidation sites excluding steroid dienone is 1. The van der Waals surface area contributed by atoms with E-state index in [1.54, 1.807) is 12.4 Å². The van der Waals surface area contributed by atoms with E-state index in [4.69, 9.17) is 5.73 Å². The molecule has 4 bridgehead atoms. The second-order valence-electron chi connectivity index (χ2n) is 10.3. The van der Waals surface area contributed by atoms with Crippen LogP contribution in [-0.2, 0) is 11.3 Å². The van der Waals surface area contributed by atoms with Crippen LogP contribution in [0.4, 0.5) is 11.8 Å². The maximum absolute atomic E-state index is 13.0. The molecule has 0 aromatic carbocycles. The molecule has 0 radical (unpaired) electrons. The van der Waals surface area contributed by atoms with E-state index in [2.05, 4.69) is 52.3 Å². The average Bonchev–Trinajstić information content (AvgIpc) is 3.46. The summed E-state index contributed by atoms with van der Waals surface area (Å²) in [5.74, 6) is 3.12. The summed E-state index contributed by atoms with van der Waals surface area (Å²) in [5.41, 5.74) is 7.29. The van der Waals surface area contributed by atoms with Crippen molar-refractivity contribution in [2.45, 2.75) is 51.1 Å². The van der Waals surface area contributed by atoms with Crippen LogP contribution in [0.1, 0.15) is 38.5 Å². The fourth-order valence-corrected chi connectivity index (χ4v) is 6.77. The topological polar surface area (TPSA) is 165 Å². The third-order valence-corrected chi connectivity index (χ3v) is 7.72. The number of imidazole rings is 1. The van der Waals surface area contributed by atoms with Crippen LogP contribution in [0, 0.1) is 23.2 Å². The van der Waals surface area contributed by atoms with E-state index >= 15 is 0 Å². The van der Waals surface area contributed by atoms with Gasteiger partial charge in [0.1, 0.15) is 11.8 Å². The zero-order chi connectivity index (χ0) is 23.1. The van der Waals surface area contributed by atoms with E-state index in [0.29, 0.717) is 36.0 Å². The number of nitrogens with one attached hydrogen (secondary N) is 3. The minimum Gasteiger partial charge on any atom is -0.382 e. The highest BCUT2D eigenvalue weighted by Crippen LogP contribution is 2.60. The van der Waals surface area contributed by atoms with Crippen LogP contribution in [0.5, 0.6) is 0 Å². The zero-order valence-electron chi connectivity index (χ0n) is 18.9. The highest BCUT2D eigenvalue weighted by atomic mass is 16.1. The number of nitrogen functional groups attached to an aromatic ring is 1. The largest absolute Gasteiger partial charge is 0.382 e. The second-order valence-corrected chi connectivity index (χ2v) is 10.3. The summed E-state index contributed by atoms with van der Waals surface area (Å²) in [6, 6.07) is -0.277. The normalized spacial score (nSPS) is 28.5. The van der Waals surface area contributed by atoms with Crippen LogP contribution in [-0.4, -0.2) is 58.6 Å². The molecule has 12 nitrogen and oxygen atoms in total. The van der Waals surface area contributed by atoms with Crippen LogP contribution in [0.15, 0.2) is 24.8 Å². The van der Waals surface area contributed by atoms with Gasteiger partial charge < -0.3 is 20.9 Å². The lowest BCUT2D eigenvalue weighted by molar-refractivity contribution is -0.117. The molecule has 178 valence electrons. The van der Waals surface area contributed by atoms with Crippen molar-refractivity contribution in [2.24, 2.45) is 23.2 Å². The molecular weight excluding hydrogens is 434 g/mol. The first-order valence-corrected chi connectivity index (χ1v) is 11.9. The number of fused-ring (bicyclic) bond motifs is 1. The number of rotatable bonds is 8. The molecule has 12 heteroatoms. The predicted octanol–water partition coefficient (Wildman–Crippen LogP) is 1.29. The molecule has 0 saturated heterocycles. The van der Waals surface area contributed by atoms with Gasteiger partial charge >= 0.3 is 0 Å². The highest BCUT2D eigenvalue weighted by Gasteiger charge is 2.49. The first-order valence-electron chi connectivity index (χ1n) is 11.9. The number of carbonyl (C=O) groups is 1. The molecule has 5 N–H and O–H groups in total. The van der Waals surface area contributed by atoms with E-state index in [1.165, 1.54) is 44.9 Å². The number of tetrazole rings is 1. The molecule has 0 aliphatic heterocycles. The van der Waals surface area contributed by atoms with Crippen molar-refractivity contribution in [1.29, 1.82) is 0 Å². The Morgan fingerprint density at radius 1 is 1.21 bits per heavy atom. The molecule has 3 aromatic rings. The van der Waals surface area contributed by atoms with Crippen molar-refractivity contribution < 1.29 is 4.79 Å². The number of hydrogen-bond acceptors (Lipinski definition) is 9. The summed E-state index contributed by atoms with van der Waals surface area (Å²) in [6.45, 7) is 0.839. The predicted molar refractivity (Wildman–Crippen MR) is 124 cm³/mol. The van der Waals surface area contributed by atoms with Crippen molar-refractivity contribution in [3.63, 3.8) is 0 Å². The van der Waals surface area contributed by atoms with Gasteiger partial charge in [0.15, 0.2) is 11.5 Å². The Hall–Kier alpha value is -3.57. The van der Waals surface area contributed by atoms with Crippen LogP contribution < -0.4 is 16.4 Å². The van der Waals surface area contributed by atoms with Gasteiger partial charge in [-0.25, -0.2) is 15.0 Å². The number of nitrogens with zero attached hydrogens (tertiary/aromatic N) is 7. The number of nitrogens with two attached hydrogens (primary N) is 1. The molecule has 0 spiro atoms. The molecule has 34 heavy (non-hydrogen) atoms. The minimum absolute atomic E-state index is 0.103. The van der Waals surface area contributed by atoms with Gasteiger partial charge in [0.05, 0.1) is 12.4 Å². The summed E-state index contributed by atoms with van der Waals surface area (Å²) in [5, 5.41) is 20.1. The summed E-state index contributed by atoms with van der Waals surface area (Å²) in [6.07, 6.45) is 14.9. The third-order valence-electron chi connectivity index (χ3n) is 7.72. The van der Waals surface area contributed by atoms with E-state index in [-0.39, 0.29) is 17.4 Å². The quantitative estimate of drug-likeness (QED) is 0.360. The Kier molecular flexibility index (Phi) is 5.15. The lowest BCUT2D eigenvalue weighted by atomic mass is 9.49. The second kappa shape index (κ2) is 8.33. The first-order chi connectivity index (χ1) is 16.6. The van der Waals surface area contributed by atoms with Crippen LogP contribution >= 0.6 is 0 Å². The van der Waals surface area contributed by atoms with E-state index in [1.807, 2.05) is 4.57 Å². The Labute approximate surface area is 196 Å². The van der Waals surface area contributed by atoms with E-state index < -0.39 is 0 Å². The molecule has 1 amide bonds. The van der Waals surface area contributed by atoms with Crippen LogP contribution in [0.2, 0.25) is 0 Å². The molecule has 3 aromatic heterocycles. The van der Waals surface area contributed by atoms with E-state index in [9.17, 15) is 4.79 Å². The average molecular weight is 464 g/mol. The Morgan fingerprint density at radius 3 is 2.68 bits per heavy atom. The Balaban J connectivity index is 1.17. The fraction of sp³-hybridized carbons (Fsp3) is 0.591. The van der Waals surface area contributed by atoms with Crippen molar-refractivity contribution in [3.8, 4) is 0 Å². The van der Waals surface area contributed by atoms with Crippen molar-refractivity contribution in [1.82, 2.24) is 45.5 Å². The standard InChI is InChI=1S/C22H29N11O/c23-19-18-20(26-11-25-19)33(12-27-18)10-16(9-24-21-29-31-32-30-21)28-17(34)1-2-22-6-13-3-14(7-22)5-15(4-13)8-22/h1-2,11-16H,3-10H2,(H,28,34)(H2,23,25,26)(H2,24,29,30,31,32)/b2-1+. The van der Waals surface area contributed by atoms with Gasteiger partial charge in [-0.1, -0.05) is 11.2 Å². The van der Waals surface area contributed by atoms with Crippen molar-refractivity contribution >= 4 is 28.8 Å². The monoisotopic (exact) mass is 463 g/mol. The molecule has 4 aliphatic carbocycles. The van der Waals surface area contributed by atoms with E-state index in [0.717, 1.165) is 17.8 Å². The number of aromatic nitrogens is 8. The Bertz CT molecular complexity index is 1170. The van der Waals surface area contributed by atoms with Gasteiger partial charge in [-0.05, 0) is 73.0 Å². The number of carbonyl (C=O) groups excluding carboxylic acids is 1.